The van der Waals surface area contributed by atoms with E-state index in [9.17, 15) is 0 Å². The molecule has 1 aromatic heterocycles. The quantitative estimate of drug-likeness (QED) is 0.708. The lowest BCUT2D eigenvalue weighted by atomic mass is 9.96. The van der Waals surface area contributed by atoms with Crippen molar-refractivity contribution >= 4 is 18.2 Å². The summed E-state index contributed by atoms with van der Waals surface area (Å²) in [5.74, 6) is 1.19. The van der Waals surface area contributed by atoms with E-state index in [0.29, 0.717) is 23.8 Å². The van der Waals surface area contributed by atoms with Gasteiger partial charge in [0.2, 0.25) is 0 Å². The number of likely N-dealkylation sites (tertiary alicyclic amines) is 1. The number of pyridine rings is 1. The summed E-state index contributed by atoms with van der Waals surface area (Å²) in [4.78, 5) is 7.04. The predicted molar refractivity (Wildman–Crippen MR) is 113 cm³/mol. The molecule has 6 heteroatoms. The first-order valence-corrected chi connectivity index (χ1v) is 9.71. The highest BCUT2D eigenvalue weighted by atomic mass is 35.5. The Hall–Kier alpha value is -1.66. The summed E-state index contributed by atoms with van der Waals surface area (Å²) in [6, 6.07) is 17.8. The lowest BCUT2D eigenvalue weighted by Gasteiger charge is -2.24. The second kappa shape index (κ2) is 9.51. The standard InChI is InChI=1S/C21H29N5.ClH/c22-21-8-4-7-18(25-21)11-17-12-23-13-20(17)24-19-9-10-26(15-19)14-16-5-2-1-3-6-16;/h1-8,17,19-20,23-24H,9-15H2,(H2,22,25);1H/t17-,19+,20-;/m0./s1. The predicted octanol–water partition coefficient (Wildman–Crippen LogP) is 2.08. The Morgan fingerprint density at radius 3 is 2.78 bits per heavy atom. The first-order valence-electron chi connectivity index (χ1n) is 9.71. The van der Waals surface area contributed by atoms with Crippen molar-refractivity contribution < 1.29 is 0 Å². The van der Waals surface area contributed by atoms with Gasteiger partial charge in [-0.2, -0.15) is 0 Å². The molecule has 0 aliphatic carbocycles. The summed E-state index contributed by atoms with van der Waals surface area (Å²) in [6.07, 6.45) is 2.21. The molecule has 1 aromatic carbocycles. The molecule has 2 aliphatic heterocycles. The van der Waals surface area contributed by atoms with Gasteiger partial charge in [0.15, 0.2) is 0 Å². The molecule has 2 aromatic rings. The van der Waals surface area contributed by atoms with Gasteiger partial charge in [-0.05, 0) is 43.0 Å². The molecule has 0 bridgehead atoms. The van der Waals surface area contributed by atoms with Crippen LogP contribution in [-0.4, -0.2) is 48.1 Å². The van der Waals surface area contributed by atoms with Gasteiger partial charge in [0.05, 0.1) is 0 Å². The number of hydrogen-bond donors (Lipinski definition) is 3. The highest BCUT2D eigenvalue weighted by Gasteiger charge is 2.31. The normalized spacial score (nSPS) is 25.4. The van der Waals surface area contributed by atoms with Crippen molar-refractivity contribution in [3.8, 4) is 0 Å². The minimum atomic E-state index is 0. The van der Waals surface area contributed by atoms with Crippen molar-refractivity contribution in [1.29, 1.82) is 0 Å². The van der Waals surface area contributed by atoms with Crippen LogP contribution in [0.3, 0.4) is 0 Å². The summed E-state index contributed by atoms with van der Waals surface area (Å²) in [7, 11) is 0. The van der Waals surface area contributed by atoms with Crippen molar-refractivity contribution in [2.24, 2.45) is 5.92 Å². The number of hydrogen-bond acceptors (Lipinski definition) is 5. The van der Waals surface area contributed by atoms with Gasteiger partial charge in [0.25, 0.3) is 0 Å². The maximum Gasteiger partial charge on any atom is 0.123 e. The van der Waals surface area contributed by atoms with Crippen LogP contribution in [-0.2, 0) is 13.0 Å². The molecule has 2 aliphatic rings. The van der Waals surface area contributed by atoms with E-state index in [1.807, 2.05) is 12.1 Å². The molecule has 27 heavy (non-hydrogen) atoms. The van der Waals surface area contributed by atoms with Gasteiger partial charge in [0, 0.05) is 44.0 Å². The van der Waals surface area contributed by atoms with Gasteiger partial charge in [-0.3, -0.25) is 4.90 Å². The van der Waals surface area contributed by atoms with Crippen LogP contribution >= 0.6 is 12.4 Å². The van der Waals surface area contributed by atoms with Crippen LogP contribution in [0.15, 0.2) is 48.5 Å². The number of anilines is 1. The fraction of sp³-hybridized carbons (Fsp3) is 0.476. The molecule has 3 heterocycles. The number of nitrogens with one attached hydrogen (secondary N) is 2. The van der Waals surface area contributed by atoms with Crippen molar-refractivity contribution in [2.75, 3.05) is 31.9 Å². The number of rotatable bonds is 6. The summed E-state index contributed by atoms with van der Waals surface area (Å²) < 4.78 is 0. The zero-order valence-electron chi connectivity index (χ0n) is 15.7. The fourth-order valence-corrected chi connectivity index (χ4v) is 4.28. The number of aromatic nitrogens is 1. The topological polar surface area (TPSA) is 66.2 Å². The molecular weight excluding hydrogens is 358 g/mol. The molecule has 0 radical (unpaired) electrons. The van der Waals surface area contributed by atoms with Crippen LogP contribution in [0.4, 0.5) is 5.82 Å². The molecule has 2 fully saturated rings. The van der Waals surface area contributed by atoms with Crippen LogP contribution in [0, 0.1) is 5.92 Å². The molecule has 0 unspecified atom stereocenters. The van der Waals surface area contributed by atoms with Crippen molar-refractivity contribution in [3.63, 3.8) is 0 Å². The number of benzene rings is 1. The first kappa shape index (κ1) is 20.1. The van der Waals surface area contributed by atoms with E-state index < -0.39 is 0 Å². The summed E-state index contributed by atoms with van der Waals surface area (Å²) in [5, 5.41) is 7.46. The van der Waals surface area contributed by atoms with Crippen molar-refractivity contribution in [2.45, 2.75) is 31.5 Å². The van der Waals surface area contributed by atoms with E-state index in [2.05, 4.69) is 56.9 Å². The smallest absolute Gasteiger partial charge is 0.123 e. The first-order chi connectivity index (χ1) is 12.8. The Kier molecular flexibility index (Phi) is 7.07. The van der Waals surface area contributed by atoms with E-state index in [0.717, 1.165) is 38.3 Å². The molecule has 146 valence electrons. The average molecular weight is 388 g/mol. The Balaban J connectivity index is 0.00000210. The lowest BCUT2D eigenvalue weighted by Crippen LogP contribution is -2.44. The highest BCUT2D eigenvalue weighted by Crippen LogP contribution is 2.19. The fourth-order valence-electron chi connectivity index (χ4n) is 4.28. The monoisotopic (exact) mass is 387 g/mol. The summed E-state index contributed by atoms with van der Waals surface area (Å²) >= 11 is 0. The Morgan fingerprint density at radius 1 is 1.11 bits per heavy atom. The number of nitrogens with two attached hydrogens (primary N) is 1. The van der Waals surface area contributed by atoms with Crippen molar-refractivity contribution in [3.05, 3.63) is 59.8 Å². The third-order valence-corrected chi connectivity index (χ3v) is 5.61. The molecule has 0 amide bonds. The Labute approximate surface area is 168 Å². The molecule has 3 atom stereocenters. The zero-order chi connectivity index (χ0) is 17.8. The minimum absolute atomic E-state index is 0. The summed E-state index contributed by atoms with van der Waals surface area (Å²) in [5.41, 5.74) is 8.33. The molecular formula is C21H30ClN5. The zero-order valence-corrected chi connectivity index (χ0v) is 16.5. The minimum Gasteiger partial charge on any atom is -0.384 e. The maximum atomic E-state index is 5.83. The van der Waals surface area contributed by atoms with Crippen molar-refractivity contribution in [1.82, 2.24) is 20.5 Å². The van der Waals surface area contributed by atoms with Crippen LogP contribution in [0.5, 0.6) is 0 Å². The van der Waals surface area contributed by atoms with Crippen LogP contribution in [0.25, 0.3) is 0 Å². The van der Waals surface area contributed by atoms with E-state index >= 15 is 0 Å². The van der Waals surface area contributed by atoms with Gasteiger partial charge in [-0.1, -0.05) is 36.4 Å². The van der Waals surface area contributed by atoms with Crippen LogP contribution in [0.1, 0.15) is 17.7 Å². The SMILES string of the molecule is Cl.Nc1cccc(C[C@H]2CNC[C@@H]2N[C@@H]2CCN(Cc3ccccc3)C2)n1. The van der Waals surface area contributed by atoms with E-state index in [1.54, 1.807) is 0 Å². The van der Waals surface area contributed by atoms with Gasteiger partial charge >= 0.3 is 0 Å². The average Bonchev–Trinajstić information content (AvgIpc) is 3.26. The lowest BCUT2D eigenvalue weighted by molar-refractivity contribution is 0.307. The number of halogens is 1. The number of nitrogen functional groups attached to an aromatic ring is 1. The largest absolute Gasteiger partial charge is 0.384 e. The molecule has 2 saturated heterocycles. The number of nitrogens with zero attached hydrogens (tertiary/aromatic N) is 2. The van der Waals surface area contributed by atoms with E-state index in [-0.39, 0.29) is 12.4 Å². The van der Waals surface area contributed by atoms with E-state index in [4.69, 9.17) is 5.73 Å². The molecule has 5 nitrogen and oxygen atoms in total. The van der Waals surface area contributed by atoms with Crippen LogP contribution in [0.2, 0.25) is 0 Å². The van der Waals surface area contributed by atoms with E-state index in [1.165, 1.54) is 18.5 Å². The molecule has 0 spiro atoms. The molecule has 0 saturated carbocycles. The Morgan fingerprint density at radius 2 is 1.96 bits per heavy atom. The highest BCUT2D eigenvalue weighted by molar-refractivity contribution is 5.85. The molecule has 4 rings (SSSR count). The third kappa shape index (κ3) is 5.42. The maximum absolute atomic E-state index is 5.83. The van der Waals surface area contributed by atoms with Gasteiger partial charge in [-0.15, -0.1) is 12.4 Å². The van der Waals surface area contributed by atoms with Crippen LogP contribution < -0.4 is 16.4 Å². The van der Waals surface area contributed by atoms with Gasteiger partial charge < -0.3 is 16.4 Å². The molecule has 4 N–H and O–H groups in total. The van der Waals surface area contributed by atoms with Gasteiger partial charge in [-0.25, -0.2) is 4.98 Å². The van der Waals surface area contributed by atoms with Gasteiger partial charge in [0.1, 0.15) is 5.82 Å². The second-order valence-electron chi connectivity index (χ2n) is 7.66. The second-order valence-corrected chi connectivity index (χ2v) is 7.66. The summed E-state index contributed by atoms with van der Waals surface area (Å²) in [6.45, 7) is 5.46. The third-order valence-electron chi connectivity index (χ3n) is 5.61. The Bertz CT molecular complexity index is 711.